The highest BCUT2D eigenvalue weighted by molar-refractivity contribution is 6.04. The highest BCUT2D eigenvalue weighted by atomic mass is 19.1. The van der Waals surface area contributed by atoms with Gasteiger partial charge in [0.05, 0.1) is 5.56 Å². The number of allylic oxidation sites excluding steroid dienone is 1. The normalized spacial score (nSPS) is 9.77. The summed E-state index contributed by atoms with van der Waals surface area (Å²) in [6.07, 6.45) is 1.12. The van der Waals surface area contributed by atoms with E-state index in [4.69, 9.17) is 0 Å². The zero-order chi connectivity index (χ0) is 10.0. The highest BCUT2D eigenvalue weighted by Gasteiger charge is 2.09. The minimum absolute atomic E-state index is 0.0955. The summed E-state index contributed by atoms with van der Waals surface area (Å²) in [5, 5.41) is 0. The number of hydrogen-bond donors (Lipinski definition) is 0. The Morgan fingerprint density at radius 1 is 1.38 bits per heavy atom. The third kappa shape index (κ3) is 1.83. The van der Waals surface area contributed by atoms with Crippen LogP contribution < -0.4 is 0 Å². The molecule has 0 aliphatic rings. The van der Waals surface area contributed by atoms with Crippen molar-refractivity contribution in [2.45, 2.75) is 13.8 Å². The smallest absolute Gasteiger partial charge is 0.188 e. The van der Waals surface area contributed by atoms with Crippen LogP contribution in [0.15, 0.2) is 24.8 Å². The predicted molar refractivity (Wildman–Crippen MR) is 50.4 cm³/mol. The number of carbonyl (C=O) groups excluding carboxylic acids is 1. The molecule has 1 aromatic carbocycles. The molecular weight excluding hydrogens is 167 g/mol. The van der Waals surface area contributed by atoms with Crippen molar-refractivity contribution in [3.05, 3.63) is 47.3 Å². The van der Waals surface area contributed by atoms with Crippen LogP contribution in [0.3, 0.4) is 0 Å². The number of hydrogen-bond acceptors (Lipinski definition) is 1. The molecule has 0 unspecified atom stereocenters. The van der Waals surface area contributed by atoms with Gasteiger partial charge in [0.1, 0.15) is 5.82 Å². The molecule has 1 aromatic rings. The average molecular weight is 178 g/mol. The molecule has 0 amide bonds. The Bertz CT molecular complexity index is 367. The van der Waals surface area contributed by atoms with Crippen molar-refractivity contribution in [2.75, 3.05) is 0 Å². The van der Waals surface area contributed by atoms with E-state index in [1.54, 1.807) is 13.0 Å². The number of rotatable bonds is 2. The fourth-order valence-corrected chi connectivity index (χ4v) is 1.08. The molecule has 0 bridgehead atoms. The van der Waals surface area contributed by atoms with Crippen LogP contribution in [0, 0.1) is 19.7 Å². The van der Waals surface area contributed by atoms with E-state index in [0.29, 0.717) is 0 Å². The Hall–Kier alpha value is -1.44. The fraction of sp³-hybridized carbons (Fsp3) is 0.182. The highest BCUT2D eigenvalue weighted by Crippen LogP contribution is 2.15. The van der Waals surface area contributed by atoms with Crippen molar-refractivity contribution in [2.24, 2.45) is 0 Å². The molecule has 0 fully saturated rings. The lowest BCUT2D eigenvalue weighted by molar-refractivity contribution is 0.104. The molecule has 0 heterocycles. The molecule has 0 saturated carbocycles. The molecule has 0 saturated heterocycles. The minimum atomic E-state index is -0.479. The molecule has 1 rings (SSSR count). The largest absolute Gasteiger partial charge is 0.289 e. The standard InChI is InChI=1S/C11H11FO/c1-4-11(13)9-5-7(2)8(3)6-10(9)12/h4-6H,1H2,2-3H3. The first-order valence-corrected chi connectivity index (χ1v) is 3.99. The van der Waals surface area contributed by atoms with Crippen molar-refractivity contribution in [3.8, 4) is 0 Å². The molecule has 0 aromatic heterocycles. The van der Waals surface area contributed by atoms with Crippen molar-refractivity contribution in [1.82, 2.24) is 0 Å². The quantitative estimate of drug-likeness (QED) is 0.502. The maximum atomic E-state index is 13.2. The SMILES string of the molecule is C=CC(=O)c1cc(C)c(C)cc1F. The summed E-state index contributed by atoms with van der Waals surface area (Å²) in [5.74, 6) is -0.853. The van der Waals surface area contributed by atoms with Crippen LogP contribution in [-0.4, -0.2) is 5.78 Å². The van der Waals surface area contributed by atoms with Gasteiger partial charge in [0.15, 0.2) is 5.78 Å². The van der Waals surface area contributed by atoms with Crippen molar-refractivity contribution in [3.63, 3.8) is 0 Å². The van der Waals surface area contributed by atoms with Gasteiger partial charge in [-0.25, -0.2) is 4.39 Å². The van der Waals surface area contributed by atoms with E-state index >= 15 is 0 Å². The van der Waals surface area contributed by atoms with Gasteiger partial charge < -0.3 is 0 Å². The van der Waals surface area contributed by atoms with Gasteiger partial charge >= 0.3 is 0 Å². The fourth-order valence-electron chi connectivity index (χ4n) is 1.08. The number of halogens is 1. The van der Waals surface area contributed by atoms with Crippen molar-refractivity contribution >= 4 is 5.78 Å². The zero-order valence-electron chi connectivity index (χ0n) is 7.73. The Balaban J connectivity index is 3.31. The third-order valence-corrected chi connectivity index (χ3v) is 2.03. The average Bonchev–Trinajstić information content (AvgIpc) is 2.10. The first-order chi connectivity index (χ1) is 6.06. The van der Waals surface area contributed by atoms with Gasteiger partial charge in [-0.3, -0.25) is 4.79 Å². The first-order valence-electron chi connectivity index (χ1n) is 3.99. The van der Waals surface area contributed by atoms with E-state index in [9.17, 15) is 9.18 Å². The molecule has 2 heteroatoms. The van der Waals surface area contributed by atoms with Crippen LogP contribution in [0.1, 0.15) is 21.5 Å². The summed E-state index contributed by atoms with van der Waals surface area (Å²) in [7, 11) is 0. The minimum Gasteiger partial charge on any atom is -0.289 e. The molecule has 0 spiro atoms. The molecule has 0 aliphatic carbocycles. The van der Waals surface area contributed by atoms with Gasteiger partial charge in [-0.05, 0) is 43.2 Å². The maximum Gasteiger partial charge on any atom is 0.188 e. The molecule has 0 N–H and O–H groups in total. The van der Waals surface area contributed by atoms with E-state index < -0.39 is 5.82 Å². The summed E-state index contributed by atoms with van der Waals surface area (Å²) >= 11 is 0. The van der Waals surface area contributed by atoms with E-state index in [2.05, 4.69) is 6.58 Å². The Morgan fingerprint density at radius 3 is 2.46 bits per heavy atom. The van der Waals surface area contributed by atoms with Gasteiger partial charge in [-0.2, -0.15) is 0 Å². The number of aryl methyl sites for hydroxylation is 2. The van der Waals surface area contributed by atoms with Crippen LogP contribution in [0.4, 0.5) is 4.39 Å². The Labute approximate surface area is 76.9 Å². The van der Waals surface area contributed by atoms with Gasteiger partial charge in [-0.15, -0.1) is 0 Å². The molecule has 13 heavy (non-hydrogen) atoms. The summed E-state index contributed by atoms with van der Waals surface area (Å²) in [5.41, 5.74) is 1.85. The van der Waals surface area contributed by atoms with E-state index in [-0.39, 0.29) is 11.3 Å². The Morgan fingerprint density at radius 2 is 1.92 bits per heavy atom. The second-order valence-corrected chi connectivity index (χ2v) is 2.98. The number of carbonyl (C=O) groups is 1. The van der Waals surface area contributed by atoms with E-state index in [0.717, 1.165) is 17.2 Å². The number of benzene rings is 1. The van der Waals surface area contributed by atoms with Gasteiger partial charge in [0.25, 0.3) is 0 Å². The van der Waals surface area contributed by atoms with E-state index in [1.807, 2.05) is 6.92 Å². The van der Waals surface area contributed by atoms with Crippen LogP contribution in [0.5, 0.6) is 0 Å². The van der Waals surface area contributed by atoms with Gasteiger partial charge in [0, 0.05) is 0 Å². The second-order valence-electron chi connectivity index (χ2n) is 2.98. The second kappa shape index (κ2) is 3.52. The first kappa shape index (κ1) is 9.65. The molecule has 0 atom stereocenters. The van der Waals surface area contributed by atoms with Crippen molar-refractivity contribution in [1.29, 1.82) is 0 Å². The van der Waals surface area contributed by atoms with Gasteiger partial charge in [-0.1, -0.05) is 6.58 Å². The molecule has 0 aliphatic heterocycles. The van der Waals surface area contributed by atoms with E-state index in [1.165, 1.54) is 6.07 Å². The molecular formula is C11H11FO. The predicted octanol–water partition coefficient (Wildman–Crippen LogP) is 2.81. The molecule has 0 radical (unpaired) electrons. The summed E-state index contributed by atoms with van der Waals surface area (Å²) in [6, 6.07) is 2.92. The lowest BCUT2D eigenvalue weighted by Gasteiger charge is -2.03. The van der Waals surface area contributed by atoms with Crippen LogP contribution >= 0.6 is 0 Å². The van der Waals surface area contributed by atoms with Crippen molar-refractivity contribution < 1.29 is 9.18 Å². The topological polar surface area (TPSA) is 17.1 Å². The summed E-state index contributed by atoms with van der Waals surface area (Å²) < 4.78 is 13.2. The molecule has 1 nitrogen and oxygen atoms in total. The number of ketones is 1. The van der Waals surface area contributed by atoms with Crippen LogP contribution in [0.25, 0.3) is 0 Å². The monoisotopic (exact) mass is 178 g/mol. The third-order valence-electron chi connectivity index (χ3n) is 2.03. The molecule has 68 valence electrons. The van der Waals surface area contributed by atoms with Crippen LogP contribution in [0.2, 0.25) is 0 Å². The lowest BCUT2D eigenvalue weighted by Crippen LogP contribution is -2.00. The van der Waals surface area contributed by atoms with Crippen LogP contribution in [-0.2, 0) is 0 Å². The zero-order valence-corrected chi connectivity index (χ0v) is 7.73. The van der Waals surface area contributed by atoms with Gasteiger partial charge in [0.2, 0.25) is 0 Å². The lowest BCUT2D eigenvalue weighted by atomic mass is 10.0. The Kier molecular flexibility index (Phi) is 2.61. The maximum absolute atomic E-state index is 13.2. The summed E-state index contributed by atoms with van der Waals surface area (Å²) in [6.45, 7) is 6.96. The summed E-state index contributed by atoms with van der Waals surface area (Å²) in [4.78, 5) is 11.1.